The van der Waals surface area contributed by atoms with Crippen LogP contribution in [0.1, 0.15) is 59.7 Å². The van der Waals surface area contributed by atoms with Crippen LogP contribution in [-0.2, 0) is 17.4 Å². The van der Waals surface area contributed by atoms with Gasteiger partial charge in [0.15, 0.2) is 17.6 Å². The molecule has 2 rings (SSSR count). The van der Waals surface area contributed by atoms with Gasteiger partial charge in [-0.1, -0.05) is 43.7 Å². The first-order valence-electron chi connectivity index (χ1n) is 13.3. The van der Waals surface area contributed by atoms with Gasteiger partial charge in [0.1, 0.15) is 6.33 Å². The maximum atomic E-state index is 12.3. The molecule has 1 aromatic heterocycles. The Morgan fingerprint density at radius 2 is 1.80 bits per heavy atom. The zero-order chi connectivity index (χ0) is 31.6. The molecule has 1 N–H and O–H groups in total. The Morgan fingerprint density at radius 1 is 1.20 bits per heavy atom. The molecule has 0 radical (unpaired) electrons. The Morgan fingerprint density at radius 3 is 2.29 bits per heavy atom. The second kappa shape index (κ2) is 18.9. The summed E-state index contributed by atoms with van der Waals surface area (Å²) in [6.45, 7) is 13.6. The van der Waals surface area contributed by atoms with E-state index >= 15 is 0 Å². The van der Waals surface area contributed by atoms with Gasteiger partial charge in [0.05, 0.1) is 12.0 Å². The van der Waals surface area contributed by atoms with E-state index in [4.69, 9.17) is 21.6 Å². The molecule has 41 heavy (non-hydrogen) atoms. The van der Waals surface area contributed by atoms with Crippen molar-refractivity contribution in [3.8, 4) is 11.9 Å². The van der Waals surface area contributed by atoms with Crippen LogP contribution in [0.4, 0.5) is 13.2 Å². The molecule has 3 unspecified atom stereocenters. The first-order valence-corrected chi connectivity index (χ1v) is 13.7. The summed E-state index contributed by atoms with van der Waals surface area (Å²) in [5.74, 6) is -0.184. The van der Waals surface area contributed by atoms with E-state index < -0.39 is 17.5 Å². The fourth-order valence-electron chi connectivity index (χ4n) is 3.29. The third kappa shape index (κ3) is 14.8. The van der Waals surface area contributed by atoms with Crippen LogP contribution in [0, 0.1) is 23.2 Å². The largest absolute Gasteiger partial charge is 0.464 e. The Kier molecular flexibility index (Phi) is 17.4. The number of nitriles is 1. The molecule has 2 aromatic rings. The van der Waals surface area contributed by atoms with Crippen LogP contribution in [0.25, 0.3) is 0 Å². The van der Waals surface area contributed by atoms with Gasteiger partial charge in [-0.3, -0.25) is 9.79 Å². The topological polar surface area (TPSA) is 100 Å². The molecule has 0 aliphatic carbocycles. The molecule has 0 bridgehead atoms. The van der Waals surface area contributed by atoms with E-state index in [1.165, 1.54) is 19.4 Å². The monoisotopic (exact) mass is 595 g/mol. The Labute approximate surface area is 246 Å². The number of carbonyl (C=O) groups is 1. The summed E-state index contributed by atoms with van der Waals surface area (Å²) in [5, 5.41) is 13.2. The number of aliphatic imine (C=N–C) groups is 1. The number of hydrogen-bond acceptors (Lipinski definition) is 7. The third-order valence-electron chi connectivity index (χ3n) is 5.51. The van der Waals surface area contributed by atoms with Crippen LogP contribution in [0.3, 0.4) is 0 Å². The standard InChI is InChI=1S/C19H26ClN3.C9H9F3N2O2.C2H6/c1-5-23-13-17(10-14(2)12-21)19(15(3)22-4)11-16-6-8-18(20)9-7-16;1-8(2,4-15)16-7-3-6(9(10,11)12)13-5-14-7;1-2/h6-10,13-15,19,22H,5,11H2,1-4H3;3-5H,1-2H3;1-2H3/b17-10+,23-13?;;. The number of carbonyl (C=O) groups excluding carboxylic acids is 1. The van der Waals surface area contributed by atoms with E-state index in [1.54, 1.807) is 0 Å². The summed E-state index contributed by atoms with van der Waals surface area (Å²) in [4.78, 5) is 21.5. The van der Waals surface area contributed by atoms with Gasteiger partial charge in [-0.15, -0.1) is 0 Å². The zero-order valence-electron chi connectivity index (χ0n) is 25.0. The molecule has 0 amide bonds. The van der Waals surface area contributed by atoms with Crippen molar-refractivity contribution in [3.63, 3.8) is 0 Å². The molecule has 0 fully saturated rings. The fourth-order valence-corrected chi connectivity index (χ4v) is 3.41. The molecule has 3 atom stereocenters. The number of benzene rings is 1. The lowest BCUT2D eigenvalue weighted by Gasteiger charge is -2.25. The second-order valence-electron chi connectivity index (χ2n) is 9.29. The van der Waals surface area contributed by atoms with Gasteiger partial charge < -0.3 is 10.1 Å². The maximum absolute atomic E-state index is 12.3. The number of alkyl halides is 3. The van der Waals surface area contributed by atoms with Gasteiger partial charge in [0, 0.05) is 35.8 Å². The first kappa shape index (κ1) is 37.7. The van der Waals surface area contributed by atoms with E-state index in [1.807, 2.05) is 59.2 Å². The number of nitrogens with zero attached hydrogens (tertiary/aromatic N) is 4. The fraction of sp³-hybridized carbons (Fsp3) is 0.500. The molecule has 0 spiro atoms. The van der Waals surface area contributed by atoms with E-state index in [-0.39, 0.29) is 23.8 Å². The number of allylic oxidation sites excluding steroid dienone is 1. The third-order valence-corrected chi connectivity index (χ3v) is 5.76. The molecular formula is C30H41ClF3N5O2. The van der Waals surface area contributed by atoms with Gasteiger partial charge in [0.2, 0.25) is 5.88 Å². The molecule has 1 heterocycles. The lowest BCUT2D eigenvalue weighted by molar-refractivity contribution is -0.141. The lowest BCUT2D eigenvalue weighted by Crippen LogP contribution is -2.33. The molecule has 0 saturated heterocycles. The average molecular weight is 596 g/mol. The lowest BCUT2D eigenvalue weighted by atomic mass is 9.85. The second-order valence-corrected chi connectivity index (χ2v) is 9.73. The van der Waals surface area contributed by atoms with Crippen molar-refractivity contribution in [2.24, 2.45) is 16.8 Å². The van der Waals surface area contributed by atoms with Crippen LogP contribution in [0.2, 0.25) is 5.02 Å². The van der Waals surface area contributed by atoms with Crippen LogP contribution in [0.5, 0.6) is 5.88 Å². The van der Waals surface area contributed by atoms with Crippen molar-refractivity contribution in [1.29, 1.82) is 5.26 Å². The minimum absolute atomic E-state index is 0.134. The predicted octanol–water partition coefficient (Wildman–Crippen LogP) is 7.16. The van der Waals surface area contributed by atoms with Crippen LogP contribution in [-0.4, -0.2) is 47.7 Å². The Balaban J connectivity index is 0.000000777. The van der Waals surface area contributed by atoms with Gasteiger partial charge in [-0.05, 0) is 71.4 Å². The highest BCUT2D eigenvalue weighted by molar-refractivity contribution is 6.30. The summed E-state index contributed by atoms with van der Waals surface area (Å²) in [6, 6.07) is 11.1. The maximum Gasteiger partial charge on any atom is 0.433 e. The normalized spacial score (nSPS) is 14.0. The molecule has 0 aliphatic heterocycles. The molecule has 1 aromatic carbocycles. The van der Waals surface area contributed by atoms with Crippen LogP contribution < -0.4 is 10.1 Å². The number of halogens is 4. The molecule has 0 aliphatic rings. The van der Waals surface area contributed by atoms with Crippen molar-refractivity contribution in [1.82, 2.24) is 15.3 Å². The number of aldehydes is 1. The first-order chi connectivity index (χ1) is 19.3. The van der Waals surface area contributed by atoms with Crippen molar-refractivity contribution in [3.05, 3.63) is 64.6 Å². The predicted molar refractivity (Wildman–Crippen MR) is 158 cm³/mol. The van der Waals surface area contributed by atoms with Crippen molar-refractivity contribution < 1.29 is 22.7 Å². The Hall–Kier alpha value is -3.29. The van der Waals surface area contributed by atoms with Crippen molar-refractivity contribution >= 4 is 24.1 Å². The summed E-state index contributed by atoms with van der Waals surface area (Å²) in [7, 11) is 1.96. The quantitative estimate of drug-likeness (QED) is 0.218. The molecule has 0 saturated carbocycles. The average Bonchev–Trinajstić information content (AvgIpc) is 2.95. The summed E-state index contributed by atoms with van der Waals surface area (Å²) in [6.07, 6.45) is 1.46. The number of ether oxygens (including phenoxy) is 1. The highest BCUT2D eigenvalue weighted by Gasteiger charge is 2.33. The summed E-state index contributed by atoms with van der Waals surface area (Å²) in [5.41, 5.74) is -0.00386. The van der Waals surface area contributed by atoms with Gasteiger partial charge in [-0.25, -0.2) is 9.97 Å². The van der Waals surface area contributed by atoms with E-state index in [0.717, 1.165) is 29.9 Å². The number of nitrogens with one attached hydrogen (secondary N) is 1. The van der Waals surface area contributed by atoms with Gasteiger partial charge in [-0.2, -0.15) is 18.4 Å². The summed E-state index contributed by atoms with van der Waals surface area (Å²) >= 11 is 5.98. The van der Waals surface area contributed by atoms with Crippen LogP contribution in [0.15, 0.2) is 53.3 Å². The minimum Gasteiger partial charge on any atom is -0.464 e. The van der Waals surface area contributed by atoms with E-state index in [2.05, 4.69) is 45.4 Å². The van der Waals surface area contributed by atoms with Gasteiger partial charge >= 0.3 is 6.18 Å². The number of hydrogen-bond donors (Lipinski definition) is 1. The van der Waals surface area contributed by atoms with Gasteiger partial charge in [0.25, 0.3) is 0 Å². The highest BCUT2D eigenvalue weighted by Crippen LogP contribution is 2.29. The van der Waals surface area contributed by atoms with E-state index in [0.29, 0.717) is 12.4 Å². The minimum atomic E-state index is -4.56. The summed E-state index contributed by atoms with van der Waals surface area (Å²) < 4.78 is 41.8. The molecule has 11 heteroatoms. The smallest absolute Gasteiger partial charge is 0.433 e. The molecule has 226 valence electrons. The Bertz CT molecular complexity index is 1150. The SMILES string of the molecule is CC.CC(C)(C=O)Oc1cc(C(F)(F)F)ncn1.CCN=C/C(=C\C(C)C#N)C(Cc1ccc(Cl)cc1)C(C)NC. The number of aromatic nitrogens is 2. The number of rotatable bonds is 11. The van der Waals surface area contributed by atoms with Crippen molar-refractivity contribution in [2.45, 2.75) is 72.7 Å². The van der Waals surface area contributed by atoms with Crippen molar-refractivity contribution in [2.75, 3.05) is 13.6 Å². The highest BCUT2D eigenvalue weighted by atomic mass is 35.5. The van der Waals surface area contributed by atoms with Crippen LogP contribution >= 0.6 is 11.6 Å². The molecular weight excluding hydrogens is 555 g/mol. The zero-order valence-corrected chi connectivity index (χ0v) is 25.7. The van der Waals surface area contributed by atoms with E-state index in [9.17, 15) is 18.0 Å². The molecule has 7 nitrogen and oxygen atoms in total.